The first kappa shape index (κ1) is 19.1. The number of fused-ring (bicyclic) bond motifs is 1. The third-order valence-electron chi connectivity index (χ3n) is 5.82. The predicted octanol–water partition coefficient (Wildman–Crippen LogP) is 2.30. The monoisotopic (exact) mass is 387 g/mol. The Kier molecular flexibility index (Phi) is 6.00. The standard InChI is InChI=1S/C21H29N3O4/c25-18(16-6-7-19-20(14-16)28-13-12-27-19)15-23-8-10-24(11-9-23)21(26)22-17-4-2-1-3-5-17/h6-7,14,17H,1-5,8-13,15H2,(H,22,26). The molecule has 1 saturated heterocycles. The fraction of sp³-hybridized carbons (Fsp3) is 0.619. The average molecular weight is 387 g/mol. The van der Waals surface area contributed by atoms with Crippen LogP contribution in [0.5, 0.6) is 11.5 Å². The van der Waals surface area contributed by atoms with E-state index < -0.39 is 0 Å². The van der Waals surface area contributed by atoms with Crippen LogP contribution in [-0.4, -0.2) is 73.6 Å². The molecule has 0 radical (unpaired) electrons. The molecule has 0 atom stereocenters. The van der Waals surface area contributed by atoms with E-state index in [9.17, 15) is 9.59 Å². The summed E-state index contributed by atoms with van der Waals surface area (Å²) in [6, 6.07) is 5.74. The first-order chi connectivity index (χ1) is 13.7. The number of amides is 2. The molecule has 1 aromatic rings. The molecule has 0 spiro atoms. The number of rotatable bonds is 4. The maximum Gasteiger partial charge on any atom is 0.317 e. The fourth-order valence-electron chi connectivity index (χ4n) is 4.13. The Morgan fingerprint density at radius 3 is 2.43 bits per heavy atom. The van der Waals surface area contributed by atoms with Gasteiger partial charge in [0.25, 0.3) is 0 Å². The van der Waals surface area contributed by atoms with Gasteiger partial charge >= 0.3 is 6.03 Å². The van der Waals surface area contributed by atoms with Gasteiger partial charge in [-0.3, -0.25) is 9.69 Å². The summed E-state index contributed by atoms with van der Waals surface area (Å²) < 4.78 is 11.1. The lowest BCUT2D eigenvalue weighted by atomic mass is 9.96. The second-order valence-electron chi connectivity index (χ2n) is 7.83. The molecule has 2 amide bonds. The predicted molar refractivity (Wildman–Crippen MR) is 105 cm³/mol. The second kappa shape index (κ2) is 8.82. The molecule has 4 rings (SSSR count). The number of ketones is 1. The van der Waals surface area contributed by atoms with E-state index >= 15 is 0 Å². The Labute approximate surface area is 166 Å². The number of hydrogen-bond acceptors (Lipinski definition) is 5. The summed E-state index contributed by atoms with van der Waals surface area (Å²) in [5.41, 5.74) is 0.640. The molecule has 28 heavy (non-hydrogen) atoms. The lowest BCUT2D eigenvalue weighted by molar-refractivity contribution is 0.0875. The van der Waals surface area contributed by atoms with Crippen LogP contribution in [-0.2, 0) is 0 Å². The van der Waals surface area contributed by atoms with Gasteiger partial charge in [0.1, 0.15) is 13.2 Å². The number of urea groups is 1. The zero-order valence-corrected chi connectivity index (χ0v) is 16.3. The Morgan fingerprint density at radius 2 is 1.68 bits per heavy atom. The minimum absolute atomic E-state index is 0.0460. The smallest absolute Gasteiger partial charge is 0.317 e. The molecule has 2 heterocycles. The summed E-state index contributed by atoms with van der Waals surface area (Å²) in [6.45, 7) is 4.16. The first-order valence-corrected chi connectivity index (χ1v) is 10.4. The van der Waals surface area contributed by atoms with Gasteiger partial charge in [-0.2, -0.15) is 0 Å². The molecule has 1 saturated carbocycles. The zero-order chi connectivity index (χ0) is 19.3. The number of ether oxygens (including phenoxy) is 2. The van der Waals surface area contributed by atoms with Crippen LogP contribution in [0.25, 0.3) is 0 Å². The van der Waals surface area contributed by atoms with E-state index in [-0.39, 0.29) is 11.8 Å². The van der Waals surface area contributed by atoms with Crippen LogP contribution >= 0.6 is 0 Å². The molecule has 1 aliphatic carbocycles. The van der Waals surface area contributed by atoms with Crippen LogP contribution in [0.3, 0.4) is 0 Å². The van der Waals surface area contributed by atoms with Crippen molar-refractivity contribution >= 4 is 11.8 Å². The largest absolute Gasteiger partial charge is 0.486 e. The van der Waals surface area contributed by atoms with Gasteiger partial charge in [0.05, 0.1) is 6.54 Å². The van der Waals surface area contributed by atoms with Crippen molar-refractivity contribution in [1.82, 2.24) is 15.1 Å². The quantitative estimate of drug-likeness (QED) is 0.803. The maximum atomic E-state index is 12.6. The van der Waals surface area contributed by atoms with E-state index in [2.05, 4.69) is 10.2 Å². The van der Waals surface area contributed by atoms with Crippen molar-refractivity contribution in [2.75, 3.05) is 45.9 Å². The summed E-state index contributed by atoms with van der Waals surface area (Å²) in [6.07, 6.45) is 5.88. The van der Waals surface area contributed by atoms with Gasteiger partial charge < -0.3 is 19.7 Å². The molecule has 2 fully saturated rings. The van der Waals surface area contributed by atoms with E-state index in [1.165, 1.54) is 19.3 Å². The molecular weight excluding hydrogens is 358 g/mol. The number of carbonyl (C=O) groups is 2. The van der Waals surface area contributed by atoms with Crippen LogP contribution < -0.4 is 14.8 Å². The summed E-state index contributed by atoms with van der Waals surface area (Å²) >= 11 is 0. The van der Waals surface area contributed by atoms with Gasteiger partial charge in [0.2, 0.25) is 0 Å². The molecule has 0 bridgehead atoms. The van der Waals surface area contributed by atoms with Crippen molar-refractivity contribution in [1.29, 1.82) is 0 Å². The molecule has 0 aromatic heterocycles. The molecule has 1 aromatic carbocycles. The van der Waals surface area contributed by atoms with Crippen molar-refractivity contribution < 1.29 is 19.1 Å². The van der Waals surface area contributed by atoms with E-state index in [1.807, 2.05) is 4.90 Å². The molecule has 152 valence electrons. The van der Waals surface area contributed by atoms with Crippen LogP contribution in [0.2, 0.25) is 0 Å². The topological polar surface area (TPSA) is 71.1 Å². The Morgan fingerprint density at radius 1 is 0.964 bits per heavy atom. The van der Waals surface area contributed by atoms with Gasteiger partial charge in [-0.15, -0.1) is 0 Å². The first-order valence-electron chi connectivity index (χ1n) is 10.4. The van der Waals surface area contributed by atoms with Crippen molar-refractivity contribution in [3.63, 3.8) is 0 Å². The minimum Gasteiger partial charge on any atom is -0.486 e. The molecule has 3 aliphatic rings. The highest BCUT2D eigenvalue weighted by molar-refractivity contribution is 5.98. The highest BCUT2D eigenvalue weighted by Crippen LogP contribution is 2.31. The van der Waals surface area contributed by atoms with E-state index in [1.54, 1.807) is 18.2 Å². The Hall–Kier alpha value is -2.28. The lowest BCUT2D eigenvalue weighted by Gasteiger charge is -2.35. The Bertz CT molecular complexity index is 710. The maximum absolute atomic E-state index is 12.6. The lowest BCUT2D eigenvalue weighted by Crippen LogP contribution is -2.54. The normalized spacial score (nSPS) is 20.6. The summed E-state index contributed by atoms with van der Waals surface area (Å²) in [7, 11) is 0. The van der Waals surface area contributed by atoms with Crippen molar-refractivity contribution in [2.45, 2.75) is 38.1 Å². The van der Waals surface area contributed by atoms with Crippen LogP contribution in [0.15, 0.2) is 18.2 Å². The number of carbonyl (C=O) groups excluding carboxylic acids is 2. The average Bonchev–Trinajstić information content (AvgIpc) is 2.74. The molecule has 7 nitrogen and oxygen atoms in total. The second-order valence-corrected chi connectivity index (χ2v) is 7.83. The number of hydrogen-bond donors (Lipinski definition) is 1. The van der Waals surface area contributed by atoms with Gasteiger partial charge in [-0.25, -0.2) is 4.79 Å². The van der Waals surface area contributed by atoms with Crippen molar-refractivity contribution in [3.8, 4) is 11.5 Å². The van der Waals surface area contributed by atoms with E-state index in [0.29, 0.717) is 69.0 Å². The van der Waals surface area contributed by atoms with E-state index in [0.717, 1.165) is 12.8 Å². The van der Waals surface area contributed by atoms with Crippen LogP contribution in [0.4, 0.5) is 4.79 Å². The molecule has 2 aliphatic heterocycles. The van der Waals surface area contributed by atoms with Gasteiger partial charge in [0, 0.05) is 37.8 Å². The number of Topliss-reactive ketones (excluding diaryl/α,β-unsaturated/α-hetero) is 1. The number of benzene rings is 1. The summed E-state index contributed by atoms with van der Waals surface area (Å²) in [5, 5.41) is 3.17. The van der Waals surface area contributed by atoms with Gasteiger partial charge in [-0.05, 0) is 31.0 Å². The summed E-state index contributed by atoms with van der Waals surface area (Å²) in [4.78, 5) is 29.1. The third-order valence-corrected chi connectivity index (χ3v) is 5.82. The van der Waals surface area contributed by atoms with Gasteiger partial charge in [0.15, 0.2) is 17.3 Å². The van der Waals surface area contributed by atoms with E-state index in [4.69, 9.17) is 9.47 Å². The Balaban J connectivity index is 1.25. The van der Waals surface area contributed by atoms with Crippen LogP contribution in [0.1, 0.15) is 42.5 Å². The summed E-state index contributed by atoms with van der Waals surface area (Å²) in [5.74, 6) is 1.40. The van der Waals surface area contributed by atoms with Gasteiger partial charge in [-0.1, -0.05) is 19.3 Å². The van der Waals surface area contributed by atoms with Crippen LogP contribution in [0, 0.1) is 0 Å². The SMILES string of the molecule is O=C(CN1CCN(C(=O)NC2CCCCC2)CC1)c1ccc2c(c1)OCCO2. The molecule has 7 heteroatoms. The molecular formula is C21H29N3O4. The highest BCUT2D eigenvalue weighted by Gasteiger charge is 2.25. The number of piperazine rings is 1. The van der Waals surface area contributed by atoms with Crippen molar-refractivity contribution in [3.05, 3.63) is 23.8 Å². The minimum atomic E-state index is 0.0460. The number of nitrogens with one attached hydrogen (secondary N) is 1. The molecule has 0 unspecified atom stereocenters. The van der Waals surface area contributed by atoms with Crippen molar-refractivity contribution in [2.24, 2.45) is 0 Å². The zero-order valence-electron chi connectivity index (χ0n) is 16.3. The highest BCUT2D eigenvalue weighted by atomic mass is 16.6. The fourth-order valence-corrected chi connectivity index (χ4v) is 4.13. The number of nitrogens with zero attached hydrogens (tertiary/aromatic N) is 2. The molecule has 1 N–H and O–H groups in total. The third kappa shape index (κ3) is 4.58.